The van der Waals surface area contributed by atoms with Crippen molar-refractivity contribution < 1.29 is 19.1 Å². The van der Waals surface area contributed by atoms with Gasteiger partial charge in [0.05, 0.1) is 30.0 Å². The predicted octanol–water partition coefficient (Wildman–Crippen LogP) is 1.52. The predicted molar refractivity (Wildman–Crippen MR) is 126 cm³/mol. The number of hydrogen-bond acceptors (Lipinski definition) is 7. The number of carbonyl (C=O) groups excluding carboxylic acids is 2. The van der Waals surface area contributed by atoms with E-state index in [-0.39, 0.29) is 30.0 Å². The van der Waals surface area contributed by atoms with Crippen molar-refractivity contribution in [2.45, 2.75) is 25.4 Å². The first-order valence-electron chi connectivity index (χ1n) is 11.2. The van der Waals surface area contributed by atoms with Crippen LogP contribution in [0.3, 0.4) is 0 Å². The lowest BCUT2D eigenvalue weighted by molar-refractivity contribution is -0.118. The Kier molecular flexibility index (Phi) is 5.89. The van der Waals surface area contributed by atoms with Crippen LogP contribution in [0.15, 0.2) is 47.4 Å². The summed E-state index contributed by atoms with van der Waals surface area (Å²) in [6, 6.07) is 10.8. The van der Waals surface area contributed by atoms with Gasteiger partial charge in [0, 0.05) is 37.3 Å². The van der Waals surface area contributed by atoms with Gasteiger partial charge in [0.15, 0.2) is 6.61 Å². The molecule has 0 bridgehead atoms. The average Bonchev–Trinajstić information content (AvgIpc) is 3.22. The molecule has 34 heavy (non-hydrogen) atoms. The second-order valence-electron chi connectivity index (χ2n) is 8.33. The number of aromatic nitrogens is 2. The number of fused-ring (bicyclic) bond motifs is 2. The van der Waals surface area contributed by atoms with Crippen LogP contribution in [0, 0.1) is 0 Å². The molecule has 1 aromatic heterocycles. The first-order valence-corrected chi connectivity index (χ1v) is 11.2. The zero-order valence-corrected chi connectivity index (χ0v) is 18.7. The fourth-order valence-electron chi connectivity index (χ4n) is 4.38. The molecule has 1 saturated heterocycles. The molecule has 0 saturated carbocycles. The highest BCUT2D eigenvalue weighted by Gasteiger charge is 2.31. The molecule has 176 valence electrons. The molecule has 0 aliphatic carbocycles. The highest BCUT2D eigenvalue weighted by molar-refractivity contribution is 5.99. The molecule has 3 aromatic rings. The maximum atomic E-state index is 12.6. The van der Waals surface area contributed by atoms with Crippen LogP contribution in [0.25, 0.3) is 11.0 Å². The van der Waals surface area contributed by atoms with Crippen LogP contribution in [0.5, 0.6) is 11.5 Å². The Balaban J connectivity index is 1.20. The molecular formula is C24H25N5O5. The molecule has 5 rings (SSSR count). The molecule has 2 aliphatic rings. The van der Waals surface area contributed by atoms with Crippen LogP contribution in [0.2, 0.25) is 0 Å². The van der Waals surface area contributed by atoms with Gasteiger partial charge in [-0.25, -0.2) is 4.98 Å². The number of ether oxygens (including phenoxy) is 2. The Labute approximate surface area is 195 Å². The van der Waals surface area contributed by atoms with Crippen molar-refractivity contribution in [2.75, 3.05) is 37.0 Å². The van der Waals surface area contributed by atoms with Crippen LogP contribution in [-0.4, -0.2) is 54.2 Å². The summed E-state index contributed by atoms with van der Waals surface area (Å²) in [5.74, 6) is 1.08. The molecular weight excluding hydrogens is 438 g/mol. The molecule has 1 unspecified atom stereocenters. The van der Waals surface area contributed by atoms with E-state index in [0.717, 1.165) is 16.7 Å². The number of benzene rings is 2. The summed E-state index contributed by atoms with van der Waals surface area (Å²) < 4.78 is 12.4. The third-order valence-electron chi connectivity index (χ3n) is 6.08. The molecule has 3 heterocycles. The van der Waals surface area contributed by atoms with Crippen molar-refractivity contribution in [2.24, 2.45) is 0 Å². The zero-order valence-electron chi connectivity index (χ0n) is 18.7. The van der Waals surface area contributed by atoms with Crippen LogP contribution in [0.1, 0.15) is 12.8 Å². The summed E-state index contributed by atoms with van der Waals surface area (Å²) in [5, 5.41) is 6.20. The topological polar surface area (TPSA) is 115 Å². The van der Waals surface area contributed by atoms with Gasteiger partial charge in [0.25, 0.3) is 11.5 Å². The maximum Gasteiger partial charge on any atom is 0.269 e. The average molecular weight is 463 g/mol. The van der Waals surface area contributed by atoms with Gasteiger partial charge in [-0.1, -0.05) is 0 Å². The van der Waals surface area contributed by atoms with Gasteiger partial charge in [0.1, 0.15) is 11.5 Å². The molecule has 2 amide bonds. The lowest BCUT2D eigenvalue weighted by atomic mass is 10.2. The van der Waals surface area contributed by atoms with E-state index >= 15 is 0 Å². The van der Waals surface area contributed by atoms with Gasteiger partial charge >= 0.3 is 0 Å². The standard InChI is InChI=1S/C24H25N5O5/c1-33-17-4-5-18-20(11-17)28(24(32)12-26-18)8-2-7-25-15-9-23(31)29(13-15)16-3-6-21-19(10-16)27-22(30)14-34-21/h3-6,10-12,15,25H,2,7-9,13-14H2,1H3,(H,27,30). The minimum atomic E-state index is -0.212. The number of aryl methyl sites for hydroxylation is 1. The number of hydrogen-bond donors (Lipinski definition) is 2. The van der Waals surface area contributed by atoms with Crippen molar-refractivity contribution >= 4 is 34.2 Å². The number of methoxy groups -OCH3 is 1. The quantitative estimate of drug-likeness (QED) is 0.511. The Hall–Kier alpha value is -3.92. The summed E-state index contributed by atoms with van der Waals surface area (Å²) >= 11 is 0. The van der Waals surface area contributed by atoms with Gasteiger partial charge in [-0.3, -0.25) is 14.4 Å². The third kappa shape index (κ3) is 4.32. The number of carbonyl (C=O) groups is 2. The molecule has 10 heteroatoms. The summed E-state index contributed by atoms with van der Waals surface area (Å²) in [7, 11) is 1.59. The molecule has 2 aromatic carbocycles. The molecule has 1 fully saturated rings. The lowest BCUT2D eigenvalue weighted by Crippen LogP contribution is -2.34. The number of rotatable bonds is 7. The molecule has 2 N–H and O–H groups in total. The van der Waals surface area contributed by atoms with E-state index in [2.05, 4.69) is 15.6 Å². The summed E-state index contributed by atoms with van der Waals surface area (Å²) in [5.41, 5.74) is 2.60. The number of amides is 2. The minimum absolute atomic E-state index is 0.000346. The first-order chi connectivity index (χ1) is 16.5. The van der Waals surface area contributed by atoms with Crippen molar-refractivity contribution in [1.82, 2.24) is 14.9 Å². The summed E-state index contributed by atoms with van der Waals surface area (Å²) in [4.78, 5) is 42.5. The Bertz CT molecular complexity index is 1320. The van der Waals surface area contributed by atoms with Crippen molar-refractivity contribution in [3.05, 3.63) is 52.9 Å². The van der Waals surface area contributed by atoms with Crippen LogP contribution in [-0.2, 0) is 16.1 Å². The Morgan fingerprint density at radius 3 is 2.94 bits per heavy atom. The lowest BCUT2D eigenvalue weighted by Gasteiger charge is -2.22. The first kappa shape index (κ1) is 21.9. The number of anilines is 2. The molecule has 2 aliphatic heterocycles. The smallest absolute Gasteiger partial charge is 0.269 e. The van der Waals surface area contributed by atoms with Gasteiger partial charge in [-0.05, 0) is 43.3 Å². The molecule has 1 atom stereocenters. The van der Waals surface area contributed by atoms with Crippen LogP contribution >= 0.6 is 0 Å². The van der Waals surface area contributed by atoms with E-state index in [9.17, 15) is 14.4 Å². The fraction of sp³-hybridized carbons (Fsp3) is 0.333. The minimum Gasteiger partial charge on any atom is -0.497 e. The van der Waals surface area contributed by atoms with Crippen LogP contribution < -0.4 is 30.6 Å². The highest BCUT2D eigenvalue weighted by Crippen LogP contribution is 2.33. The second-order valence-corrected chi connectivity index (χ2v) is 8.33. The van der Waals surface area contributed by atoms with E-state index in [1.54, 1.807) is 28.7 Å². The van der Waals surface area contributed by atoms with E-state index in [4.69, 9.17) is 9.47 Å². The van der Waals surface area contributed by atoms with E-state index in [0.29, 0.717) is 49.7 Å². The SMILES string of the molecule is COc1ccc2ncc(=O)n(CCCNC3CC(=O)N(c4ccc5c(c4)NC(=O)CO5)C3)c2c1. The normalized spacial score (nSPS) is 17.4. The molecule has 10 nitrogen and oxygen atoms in total. The van der Waals surface area contributed by atoms with Gasteiger partial charge in [-0.15, -0.1) is 0 Å². The monoisotopic (exact) mass is 463 g/mol. The highest BCUT2D eigenvalue weighted by atomic mass is 16.5. The zero-order chi connectivity index (χ0) is 23.7. The van der Waals surface area contributed by atoms with Crippen LogP contribution in [0.4, 0.5) is 11.4 Å². The van der Waals surface area contributed by atoms with E-state index in [1.807, 2.05) is 24.3 Å². The van der Waals surface area contributed by atoms with Gasteiger partial charge in [-0.2, -0.15) is 0 Å². The van der Waals surface area contributed by atoms with Gasteiger partial charge < -0.3 is 29.6 Å². The second kappa shape index (κ2) is 9.14. The van der Waals surface area contributed by atoms with Crippen molar-refractivity contribution in [3.63, 3.8) is 0 Å². The maximum absolute atomic E-state index is 12.6. The number of nitrogens with one attached hydrogen (secondary N) is 2. The van der Waals surface area contributed by atoms with Gasteiger partial charge in [0.2, 0.25) is 5.91 Å². The Morgan fingerprint density at radius 1 is 1.21 bits per heavy atom. The van der Waals surface area contributed by atoms with E-state index in [1.165, 1.54) is 6.20 Å². The van der Waals surface area contributed by atoms with Crippen molar-refractivity contribution in [1.29, 1.82) is 0 Å². The fourth-order valence-corrected chi connectivity index (χ4v) is 4.38. The third-order valence-corrected chi connectivity index (χ3v) is 6.08. The van der Waals surface area contributed by atoms with E-state index < -0.39 is 0 Å². The van der Waals surface area contributed by atoms with Crippen molar-refractivity contribution in [3.8, 4) is 11.5 Å². The molecule has 0 radical (unpaired) electrons. The summed E-state index contributed by atoms with van der Waals surface area (Å²) in [6.07, 6.45) is 2.43. The molecule has 0 spiro atoms. The Morgan fingerprint density at radius 2 is 2.09 bits per heavy atom. The largest absolute Gasteiger partial charge is 0.497 e. The number of nitrogens with zero attached hydrogens (tertiary/aromatic N) is 3. The summed E-state index contributed by atoms with van der Waals surface area (Å²) in [6.45, 7) is 1.70.